The molecule has 0 saturated heterocycles. The van der Waals surface area contributed by atoms with Crippen molar-refractivity contribution in [2.75, 3.05) is 17.7 Å². The molecule has 1 aromatic heterocycles. The van der Waals surface area contributed by atoms with Crippen LogP contribution in [0.2, 0.25) is 0 Å². The van der Waals surface area contributed by atoms with Crippen LogP contribution in [0.4, 0.5) is 16.3 Å². The van der Waals surface area contributed by atoms with E-state index in [0.717, 1.165) is 0 Å². The van der Waals surface area contributed by atoms with E-state index < -0.39 is 12.0 Å². The first-order chi connectivity index (χ1) is 10.8. The van der Waals surface area contributed by atoms with Crippen LogP contribution in [0.3, 0.4) is 0 Å². The normalized spacial score (nSPS) is 10.5. The fourth-order valence-corrected chi connectivity index (χ4v) is 1.84. The fourth-order valence-electron chi connectivity index (χ4n) is 1.84. The van der Waals surface area contributed by atoms with E-state index in [9.17, 15) is 9.59 Å². The van der Waals surface area contributed by atoms with Crippen molar-refractivity contribution in [2.45, 2.75) is 26.2 Å². The molecule has 0 spiro atoms. The van der Waals surface area contributed by atoms with E-state index in [2.05, 4.69) is 20.5 Å². The lowest BCUT2D eigenvalue weighted by atomic mass is 9.93. The number of carbonyl (C=O) groups excluding carboxylic acids is 2. The van der Waals surface area contributed by atoms with Crippen LogP contribution in [0.1, 0.15) is 36.9 Å². The second-order valence-corrected chi connectivity index (χ2v) is 5.94. The highest BCUT2D eigenvalue weighted by Gasteiger charge is 2.20. The predicted molar refractivity (Wildman–Crippen MR) is 85.6 cm³/mol. The molecule has 1 aromatic carbocycles. The number of halogens is 1. The van der Waals surface area contributed by atoms with E-state index in [4.69, 9.17) is 4.52 Å². The Morgan fingerprint density at radius 3 is 2.42 bits per heavy atom. The Bertz CT molecular complexity index is 722. The van der Waals surface area contributed by atoms with Gasteiger partial charge in [0.15, 0.2) is 5.82 Å². The first-order valence-electron chi connectivity index (χ1n) is 7.04. The molecule has 2 amide bonds. The highest BCUT2D eigenvalue weighted by molar-refractivity contribution is 6.04. The third-order valence-corrected chi connectivity index (χ3v) is 3.07. The number of esters is 1. The maximum absolute atomic E-state index is 12.0. The van der Waals surface area contributed by atoms with Crippen LogP contribution in [0, 0.1) is 0 Å². The first-order valence-corrected chi connectivity index (χ1v) is 7.04. The minimum Gasteiger partial charge on any atom is -1.00 e. The number of hydrogen-bond donors (Lipinski definition) is 2. The van der Waals surface area contributed by atoms with Gasteiger partial charge in [0.1, 0.15) is 5.76 Å². The molecule has 0 radical (unpaired) electrons. The van der Waals surface area contributed by atoms with Gasteiger partial charge in [0.25, 0.3) is 0 Å². The summed E-state index contributed by atoms with van der Waals surface area (Å²) in [6.07, 6.45) is 0. The van der Waals surface area contributed by atoms with Crippen molar-refractivity contribution >= 4 is 23.5 Å². The van der Waals surface area contributed by atoms with E-state index >= 15 is 0 Å². The monoisotopic (exact) mass is 352 g/mol. The van der Waals surface area contributed by atoms with Gasteiger partial charge in [-0.3, -0.25) is 5.32 Å². The van der Waals surface area contributed by atoms with E-state index in [-0.39, 0.29) is 23.4 Å². The number of anilines is 2. The van der Waals surface area contributed by atoms with Crippen molar-refractivity contribution in [3.8, 4) is 0 Å². The lowest BCUT2D eigenvalue weighted by Crippen LogP contribution is -3.00. The summed E-state index contributed by atoms with van der Waals surface area (Å²) >= 11 is 0. The van der Waals surface area contributed by atoms with E-state index in [0.29, 0.717) is 17.3 Å². The number of ether oxygens (including phenoxy) is 1. The van der Waals surface area contributed by atoms with Gasteiger partial charge in [-0.25, -0.2) is 9.59 Å². The molecule has 130 valence electrons. The minimum atomic E-state index is -0.532. The SMILES string of the molecule is COC(=O)c1ccccc1NC(=O)Nc1cc(C(C)(C)C)on1.[Cl-]. The fraction of sp³-hybridized carbons (Fsp3) is 0.312. The topological polar surface area (TPSA) is 93.5 Å². The third kappa shape index (κ3) is 4.73. The van der Waals surface area contributed by atoms with Gasteiger partial charge >= 0.3 is 12.0 Å². The number of amides is 2. The second-order valence-electron chi connectivity index (χ2n) is 5.94. The Balaban J connectivity index is 0.00000288. The Morgan fingerprint density at radius 1 is 1.17 bits per heavy atom. The van der Waals surface area contributed by atoms with Crippen molar-refractivity contribution in [3.63, 3.8) is 0 Å². The number of carbonyl (C=O) groups is 2. The summed E-state index contributed by atoms with van der Waals surface area (Å²) < 4.78 is 9.87. The molecule has 0 bridgehead atoms. The van der Waals surface area contributed by atoms with Crippen molar-refractivity contribution in [3.05, 3.63) is 41.7 Å². The molecule has 1 heterocycles. The number of rotatable bonds is 3. The third-order valence-electron chi connectivity index (χ3n) is 3.07. The second kappa shape index (κ2) is 7.83. The zero-order chi connectivity index (χ0) is 17.0. The number of nitrogens with zero attached hydrogens (tertiary/aromatic N) is 1. The predicted octanol–water partition coefficient (Wildman–Crippen LogP) is 0.407. The van der Waals surface area contributed by atoms with E-state index in [1.807, 2.05) is 20.8 Å². The Labute approximate surface area is 146 Å². The quantitative estimate of drug-likeness (QED) is 0.780. The number of urea groups is 1. The molecule has 2 rings (SSSR count). The molecule has 0 aliphatic carbocycles. The number of aromatic nitrogens is 1. The van der Waals surface area contributed by atoms with E-state index in [1.165, 1.54) is 7.11 Å². The number of nitrogens with one attached hydrogen (secondary N) is 2. The highest BCUT2D eigenvalue weighted by atomic mass is 35.5. The molecule has 0 fully saturated rings. The highest BCUT2D eigenvalue weighted by Crippen LogP contribution is 2.24. The van der Waals surface area contributed by atoms with Crippen molar-refractivity contribution in [1.82, 2.24) is 5.16 Å². The Morgan fingerprint density at radius 2 is 1.83 bits per heavy atom. The van der Waals surface area contributed by atoms with Gasteiger partial charge < -0.3 is 27.0 Å². The van der Waals surface area contributed by atoms with Crippen LogP contribution in [-0.2, 0) is 10.2 Å². The van der Waals surface area contributed by atoms with E-state index in [1.54, 1.807) is 30.3 Å². The summed E-state index contributed by atoms with van der Waals surface area (Å²) in [5, 5.41) is 8.95. The van der Waals surface area contributed by atoms with Gasteiger partial charge in [-0.05, 0) is 12.1 Å². The molecule has 7 nitrogen and oxygen atoms in total. The van der Waals surface area contributed by atoms with Gasteiger partial charge in [-0.1, -0.05) is 38.1 Å². The number of benzene rings is 1. The van der Waals surface area contributed by atoms with Crippen LogP contribution in [-0.4, -0.2) is 24.3 Å². The number of methoxy groups -OCH3 is 1. The molecule has 2 N–H and O–H groups in total. The Kier molecular flexibility index (Phi) is 6.36. The van der Waals surface area contributed by atoms with Gasteiger partial charge in [0.05, 0.1) is 18.4 Å². The summed E-state index contributed by atoms with van der Waals surface area (Å²) in [5.41, 5.74) is 0.401. The van der Waals surface area contributed by atoms with Crippen LogP contribution in [0.15, 0.2) is 34.9 Å². The largest absolute Gasteiger partial charge is 1.00 e. The molecule has 2 aromatic rings. The molecule has 0 aliphatic heterocycles. The van der Waals surface area contributed by atoms with Gasteiger partial charge in [0, 0.05) is 11.5 Å². The molecule has 8 heteroatoms. The number of hydrogen-bond acceptors (Lipinski definition) is 5. The van der Waals surface area contributed by atoms with Crippen molar-refractivity contribution in [2.24, 2.45) is 0 Å². The maximum atomic E-state index is 12.0. The Hall–Kier alpha value is -2.54. The zero-order valence-corrected chi connectivity index (χ0v) is 14.6. The molecule has 0 atom stereocenters. The molecular formula is C16H19ClN3O4-. The van der Waals surface area contributed by atoms with Gasteiger partial charge in [0.2, 0.25) is 0 Å². The lowest BCUT2D eigenvalue weighted by Gasteiger charge is -2.12. The molecule has 0 saturated carbocycles. The minimum absolute atomic E-state index is 0. The summed E-state index contributed by atoms with van der Waals surface area (Å²) in [7, 11) is 1.28. The molecule has 24 heavy (non-hydrogen) atoms. The van der Waals surface area contributed by atoms with Gasteiger partial charge in [-0.15, -0.1) is 0 Å². The summed E-state index contributed by atoms with van der Waals surface area (Å²) in [5.74, 6) is 0.420. The average Bonchev–Trinajstić information content (AvgIpc) is 2.95. The maximum Gasteiger partial charge on any atom is 0.339 e. The molecular weight excluding hydrogens is 334 g/mol. The van der Waals surface area contributed by atoms with Crippen LogP contribution < -0.4 is 23.0 Å². The first kappa shape index (κ1) is 19.5. The average molecular weight is 353 g/mol. The molecule has 0 aliphatic rings. The number of para-hydroxylation sites is 1. The summed E-state index contributed by atoms with van der Waals surface area (Å²) in [4.78, 5) is 23.7. The summed E-state index contributed by atoms with van der Waals surface area (Å²) in [6.45, 7) is 5.93. The molecule has 0 unspecified atom stereocenters. The standard InChI is InChI=1S/C16H19N3O4.ClH/c1-16(2,3)12-9-13(19-23-12)18-15(21)17-11-8-6-5-7-10(11)14(20)22-4;/h5-9H,1-4H3,(H2,17,18,19,21);1H/p-1. The van der Waals surface area contributed by atoms with Crippen molar-refractivity contribution in [1.29, 1.82) is 0 Å². The van der Waals surface area contributed by atoms with Crippen molar-refractivity contribution < 1.29 is 31.3 Å². The van der Waals surface area contributed by atoms with Crippen LogP contribution in [0.25, 0.3) is 0 Å². The smallest absolute Gasteiger partial charge is 0.339 e. The van der Waals surface area contributed by atoms with Gasteiger partial charge in [-0.2, -0.15) is 0 Å². The van der Waals surface area contributed by atoms with Crippen LogP contribution >= 0.6 is 0 Å². The lowest BCUT2D eigenvalue weighted by molar-refractivity contribution is -0.0000231. The van der Waals surface area contributed by atoms with Crippen LogP contribution in [0.5, 0.6) is 0 Å². The summed E-state index contributed by atoms with van der Waals surface area (Å²) in [6, 6.07) is 7.68. The zero-order valence-electron chi connectivity index (χ0n) is 13.8.